The van der Waals surface area contributed by atoms with Crippen LogP contribution in [0.15, 0.2) is 4.99 Å². The van der Waals surface area contributed by atoms with Crippen molar-refractivity contribution in [2.24, 2.45) is 4.99 Å². The molecule has 1 saturated heterocycles. The Morgan fingerprint density at radius 2 is 2.00 bits per heavy atom. The molecule has 0 aromatic carbocycles. The summed E-state index contributed by atoms with van der Waals surface area (Å²) in [4.78, 5) is 4.15. The summed E-state index contributed by atoms with van der Waals surface area (Å²) in [6.45, 7) is 5.83. The van der Waals surface area contributed by atoms with Gasteiger partial charge in [0.1, 0.15) is 0 Å². The first-order valence-electron chi connectivity index (χ1n) is 9.07. The fourth-order valence-corrected chi connectivity index (χ4v) is 3.31. The minimum Gasteiger partial charge on any atom is -0.379 e. The van der Waals surface area contributed by atoms with Gasteiger partial charge in [0.15, 0.2) is 5.96 Å². The van der Waals surface area contributed by atoms with Crippen LogP contribution in [0.4, 0.5) is 0 Å². The molecule has 0 aromatic heterocycles. The van der Waals surface area contributed by atoms with E-state index in [1.54, 1.807) is 21.0 Å². The molecule has 1 rings (SSSR count). The van der Waals surface area contributed by atoms with Gasteiger partial charge in [-0.05, 0) is 32.6 Å². The van der Waals surface area contributed by atoms with Crippen LogP contribution >= 0.6 is 24.0 Å². The highest BCUT2D eigenvalue weighted by molar-refractivity contribution is 14.0. The van der Waals surface area contributed by atoms with Crippen molar-refractivity contribution in [2.75, 3.05) is 59.3 Å². The molecule has 0 radical (unpaired) electrons. The summed E-state index contributed by atoms with van der Waals surface area (Å²) >= 11 is 0. The van der Waals surface area contributed by atoms with Crippen LogP contribution in [0.2, 0.25) is 0 Å². The third-order valence-corrected chi connectivity index (χ3v) is 5.95. The number of sulfonamides is 1. The third kappa shape index (κ3) is 10.9. The summed E-state index contributed by atoms with van der Waals surface area (Å²) < 4.78 is 35.8. The van der Waals surface area contributed by atoms with E-state index in [0.717, 1.165) is 44.8 Å². The van der Waals surface area contributed by atoms with E-state index in [-0.39, 0.29) is 35.8 Å². The summed E-state index contributed by atoms with van der Waals surface area (Å²) in [5.74, 6) is 0.856. The van der Waals surface area contributed by atoms with Gasteiger partial charge in [0, 0.05) is 46.9 Å². The lowest BCUT2D eigenvalue weighted by Crippen LogP contribution is -2.39. The number of halogens is 1. The lowest BCUT2D eigenvalue weighted by Gasteiger charge is -2.17. The zero-order valence-electron chi connectivity index (χ0n) is 16.2. The normalized spacial score (nSPS) is 18.0. The molecule has 1 fully saturated rings. The molecule has 0 amide bonds. The Kier molecular flexibility index (Phi) is 14.7. The Balaban J connectivity index is 0.00000625. The van der Waals surface area contributed by atoms with Gasteiger partial charge in [-0.2, -0.15) is 0 Å². The lowest BCUT2D eigenvalue weighted by molar-refractivity contribution is 0.0168. The zero-order valence-corrected chi connectivity index (χ0v) is 19.3. The average Bonchev–Trinajstić information content (AvgIpc) is 3.12. The van der Waals surface area contributed by atoms with Crippen LogP contribution < -0.4 is 10.6 Å². The number of guanidine groups is 1. The smallest absolute Gasteiger partial charge is 0.213 e. The van der Waals surface area contributed by atoms with E-state index in [4.69, 9.17) is 9.47 Å². The van der Waals surface area contributed by atoms with E-state index in [1.807, 2.05) is 0 Å². The summed E-state index contributed by atoms with van der Waals surface area (Å²) in [6.07, 6.45) is 4.13. The molecule has 1 atom stereocenters. The summed E-state index contributed by atoms with van der Waals surface area (Å²) in [5.41, 5.74) is 0. The van der Waals surface area contributed by atoms with Crippen molar-refractivity contribution in [2.45, 2.75) is 38.7 Å². The van der Waals surface area contributed by atoms with E-state index < -0.39 is 10.0 Å². The van der Waals surface area contributed by atoms with Crippen molar-refractivity contribution in [1.82, 2.24) is 14.9 Å². The molecular formula is C16H35IN4O4S. The monoisotopic (exact) mass is 506 g/mol. The summed E-state index contributed by atoms with van der Waals surface area (Å²) in [7, 11) is 0.236. The standard InChI is InChI=1S/C16H34N4O4S.HI/c1-4-25(21,22)20(3)11-6-9-18-16(17-2)19-10-7-12-23-14-15-8-5-13-24-15;/h15H,4-14H2,1-3H3,(H2,17,18,19);1H. The summed E-state index contributed by atoms with van der Waals surface area (Å²) in [5, 5.41) is 6.41. The highest BCUT2D eigenvalue weighted by atomic mass is 127. The maximum absolute atomic E-state index is 11.6. The van der Waals surface area contributed by atoms with Crippen LogP contribution in [0.3, 0.4) is 0 Å². The Labute approximate surface area is 175 Å². The van der Waals surface area contributed by atoms with Gasteiger partial charge in [0.05, 0.1) is 18.5 Å². The molecule has 10 heteroatoms. The Morgan fingerprint density at radius 1 is 1.31 bits per heavy atom. The van der Waals surface area contributed by atoms with Gasteiger partial charge in [-0.1, -0.05) is 0 Å². The molecule has 0 spiro atoms. The molecule has 0 saturated carbocycles. The number of hydrogen-bond donors (Lipinski definition) is 2. The number of hydrogen-bond acceptors (Lipinski definition) is 5. The number of rotatable bonds is 12. The highest BCUT2D eigenvalue weighted by Gasteiger charge is 2.15. The topological polar surface area (TPSA) is 92.3 Å². The van der Waals surface area contributed by atoms with Gasteiger partial charge in [0.25, 0.3) is 0 Å². The van der Waals surface area contributed by atoms with Crippen LogP contribution in [-0.2, 0) is 19.5 Å². The average molecular weight is 506 g/mol. The van der Waals surface area contributed by atoms with Crippen molar-refractivity contribution in [3.63, 3.8) is 0 Å². The molecule has 26 heavy (non-hydrogen) atoms. The molecule has 1 aliphatic rings. The third-order valence-electron chi connectivity index (χ3n) is 4.09. The van der Waals surface area contributed by atoms with Gasteiger partial charge >= 0.3 is 0 Å². The largest absolute Gasteiger partial charge is 0.379 e. The SMILES string of the molecule is CCS(=O)(=O)N(C)CCCNC(=NC)NCCCOCC1CCCO1.I. The maximum Gasteiger partial charge on any atom is 0.213 e. The van der Waals surface area contributed by atoms with Gasteiger partial charge in [-0.15, -0.1) is 24.0 Å². The number of ether oxygens (including phenoxy) is 2. The first-order valence-corrected chi connectivity index (χ1v) is 10.7. The van der Waals surface area contributed by atoms with Crippen LogP contribution in [0.25, 0.3) is 0 Å². The van der Waals surface area contributed by atoms with Crippen LogP contribution in [0.5, 0.6) is 0 Å². The van der Waals surface area contributed by atoms with E-state index in [9.17, 15) is 8.42 Å². The molecular weight excluding hydrogens is 471 g/mol. The number of nitrogens with zero attached hydrogens (tertiary/aromatic N) is 2. The predicted molar refractivity (Wildman–Crippen MR) is 116 cm³/mol. The van der Waals surface area contributed by atoms with E-state index in [2.05, 4.69) is 15.6 Å². The second-order valence-corrected chi connectivity index (χ2v) is 8.43. The Hall–Kier alpha value is -0.170. The fraction of sp³-hybridized carbons (Fsp3) is 0.938. The predicted octanol–water partition coefficient (Wildman–Crippen LogP) is 1.03. The van der Waals surface area contributed by atoms with Crippen molar-refractivity contribution < 1.29 is 17.9 Å². The molecule has 8 nitrogen and oxygen atoms in total. The van der Waals surface area contributed by atoms with Crippen LogP contribution in [0.1, 0.15) is 32.6 Å². The van der Waals surface area contributed by atoms with E-state index in [0.29, 0.717) is 26.3 Å². The van der Waals surface area contributed by atoms with Crippen LogP contribution in [-0.4, -0.2) is 84.1 Å². The fourth-order valence-electron chi connectivity index (χ4n) is 2.46. The Bertz CT molecular complexity index is 485. The molecule has 1 heterocycles. The number of aliphatic imine (C=N–C) groups is 1. The molecule has 1 aliphatic heterocycles. The molecule has 1 unspecified atom stereocenters. The molecule has 0 aliphatic carbocycles. The molecule has 0 aromatic rings. The molecule has 0 bridgehead atoms. The van der Waals surface area contributed by atoms with Crippen molar-refractivity contribution in [1.29, 1.82) is 0 Å². The van der Waals surface area contributed by atoms with E-state index in [1.165, 1.54) is 4.31 Å². The minimum absolute atomic E-state index is 0. The Morgan fingerprint density at radius 3 is 2.58 bits per heavy atom. The van der Waals surface area contributed by atoms with Gasteiger partial charge in [-0.25, -0.2) is 12.7 Å². The van der Waals surface area contributed by atoms with Gasteiger partial charge < -0.3 is 20.1 Å². The maximum atomic E-state index is 11.6. The van der Waals surface area contributed by atoms with E-state index >= 15 is 0 Å². The first kappa shape index (κ1) is 25.8. The lowest BCUT2D eigenvalue weighted by atomic mass is 10.2. The van der Waals surface area contributed by atoms with Gasteiger partial charge in [0.2, 0.25) is 10.0 Å². The zero-order chi connectivity index (χ0) is 18.5. The molecule has 156 valence electrons. The van der Waals surface area contributed by atoms with Crippen molar-refractivity contribution in [3.8, 4) is 0 Å². The second-order valence-electron chi connectivity index (χ2n) is 6.06. The summed E-state index contributed by atoms with van der Waals surface area (Å²) in [6, 6.07) is 0. The second kappa shape index (κ2) is 14.8. The first-order chi connectivity index (χ1) is 12.0. The quantitative estimate of drug-likeness (QED) is 0.178. The number of nitrogens with one attached hydrogen (secondary N) is 2. The van der Waals surface area contributed by atoms with Crippen molar-refractivity contribution >= 4 is 40.0 Å². The minimum atomic E-state index is -3.10. The molecule has 2 N–H and O–H groups in total. The van der Waals surface area contributed by atoms with Gasteiger partial charge in [-0.3, -0.25) is 4.99 Å². The highest BCUT2D eigenvalue weighted by Crippen LogP contribution is 2.11. The van der Waals surface area contributed by atoms with Crippen LogP contribution in [0, 0.1) is 0 Å². The van der Waals surface area contributed by atoms with Crippen molar-refractivity contribution in [3.05, 3.63) is 0 Å².